The lowest BCUT2D eigenvalue weighted by Gasteiger charge is -2.27. The number of amides is 1. The Bertz CT molecular complexity index is 665. The Balaban J connectivity index is 1.38. The molecule has 1 aliphatic carbocycles. The van der Waals surface area contributed by atoms with Gasteiger partial charge in [-0.05, 0) is 43.2 Å². The van der Waals surface area contributed by atoms with E-state index < -0.39 is 0 Å². The molecule has 7 nitrogen and oxygen atoms in total. The summed E-state index contributed by atoms with van der Waals surface area (Å²) < 4.78 is 0. The van der Waals surface area contributed by atoms with Gasteiger partial charge in [0.2, 0.25) is 11.7 Å². The highest BCUT2D eigenvalue weighted by atomic mass is 16.3. The lowest BCUT2D eigenvalue weighted by molar-refractivity contribution is -0.122. The van der Waals surface area contributed by atoms with Gasteiger partial charge in [0, 0.05) is 24.6 Å². The Labute approximate surface area is 147 Å². The summed E-state index contributed by atoms with van der Waals surface area (Å²) in [6, 6.07) is 9.97. The maximum Gasteiger partial charge on any atom is 0.220 e. The Morgan fingerprint density at radius 3 is 2.68 bits per heavy atom. The summed E-state index contributed by atoms with van der Waals surface area (Å²) in [5, 5.41) is 24.7. The topological polar surface area (TPSA) is 92.9 Å². The molecule has 1 saturated carbocycles. The molecule has 0 aliphatic heterocycles. The zero-order chi connectivity index (χ0) is 17.5. The van der Waals surface area contributed by atoms with Gasteiger partial charge >= 0.3 is 0 Å². The standard InChI is InChI=1S/C18H25N5O2/c24-13-14-8-10-16(11-9-14)19-17(25)7-4-12-23-21-18(20-22-23)15-5-2-1-3-6-15/h1-3,5-6,14,16,24H,4,7-13H2,(H,19,25). The van der Waals surface area contributed by atoms with Gasteiger partial charge in [0.1, 0.15) is 0 Å². The number of carbonyl (C=O) groups excluding carboxylic acids is 1. The number of rotatable bonds is 7. The normalized spacial score (nSPS) is 20.4. The van der Waals surface area contributed by atoms with Gasteiger partial charge in [0.05, 0.1) is 6.54 Å². The second-order valence-electron chi connectivity index (χ2n) is 6.65. The highest BCUT2D eigenvalue weighted by Crippen LogP contribution is 2.23. The third-order valence-electron chi connectivity index (χ3n) is 4.72. The van der Waals surface area contributed by atoms with Crippen molar-refractivity contribution in [2.75, 3.05) is 6.61 Å². The lowest BCUT2D eigenvalue weighted by atomic mass is 9.86. The monoisotopic (exact) mass is 343 g/mol. The van der Waals surface area contributed by atoms with Crippen LogP contribution in [-0.2, 0) is 11.3 Å². The maximum absolute atomic E-state index is 12.1. The molecule has 2 aromatic rings. The van der Waals surface area contributed by atoms with Crippen molar-refractivity contribution in [2.24, 2.45) is 5.92 Å². The SMILES string of the molecule is O=C(CCCn1nnc(-c2ccccc2)n1)NC1CCC(CO)CC1. The molecule has 1 fully saturated rings. The minimum absolute atomic E-state index is 0.0795. The molecular weight excluding hydrogens is 318 g/mol. The van der Waals surface area contributed by atoms with Gasteiger partial charge in [-0.1, -0.05) is 30.3 Å². The average molecular weight is 343 g/mol. The number of nitrogens with one attached hydrogen (secondary N) is 1. The number of aliphatic hydroxyl groups is 1. The Morgan fingerprint density at radius 2 is 1.96 bits per heavy atom. The fourth-order valence-electron chi connectivity index (χ4n) is 3.21. The number of nitrogens with zero attached hydrogens (tertiary/aromatic N) is 4. The molecule has 7 heteroatoms. The lowest BCUT2D eigenvalue weighted by Crippen LogP contribution is -2.38. The molecule has 0 spiro atoms. The quantitative estimate of drug-likeness (QED) is 0.799. The van der Waals surface area contributed by atoms with Crippen molar-refractivity contribution in [3.8, 4) is 11.4 Å². The van der Waals surface area contributed by atoms with Crippen LogP contribution in [0.3, 0.4) is 0 Å². The largest absolute Gasteiger partial charge is 0.396 e. The van der Waals surface area contributed by atoms with Gasteiger partial charge < -0.3 is 10.4 Å². The van der Waals surface area contributed by atoms with Crippen molar-refractivity contribution in [1.29, 1.82) is 0 Å². The van der Waals surface area contributed by atoms with Crippen molar-refractivity contribution in [3.05, 3.63) is 30.3 Å². The van der Waals surface area contributed by atoms with Crippen molar-refractivity contribution in [3.63, 3.8) is 0 Å². The zero-order valence-corrected chi connectivity index (χ0v) is 14.3. The average Bonchev–Trinajstić information content (AvgIpc) is 3.12. The molecule has 1 aliphatic rings. The van der Waals surface area contributed by atoms with E-state index in [9.17, 15) is 4.79 Å². The summed E-state index contributed by atoms with van der Waals surface area (Å²) in [4.78, 5) is 13.6. The van der Waals surface area contributed by atoms with Crippen LogP contribution in [0.1, 0.15) is 38.5 Å². The van der Waals surface area contributed by atoms with E-state index in [1.165, 1.54) is 0 Å². The van der Waals surface area contributed by atoms with Crippen LogP contribution in [0.2, 0.25) is 0 Å². The van der Waals surface area contributed by atoms with E-state index in [1.807, 2.05) is 30.3 Å². The van der Waals surface area contributed by atoms with E-state index in [-0.39, 0.29) is 18.6 Å². The predicted molar refractivity (Wildman–Crippen MR) is 93.5 cm³/mol. The molecule has 0 unspecified atom stereocenters. The van der Waals surface area contributed by atoms with Gasteiger partial charge in [-0.15, -0.1) is 10.2 Å². The molecular formula is C18H25N5O2. The van der Waals surface area contributed by atoms with E-state index in [0.29, 0.717) is 31.1 Å². The molecule has 0 radical (unpaired) electrons. The first-order valence-corrected chi connectivity index (χ1v) is 8.98. The fraction of sp³-hybridized carbons (Fsp3) is 0.556. The number of aryl methyl sites for hydroxylation is 1. The number of hydrogen-bond acceptors (Lipinski definition) is 5. The molecule has 0 saturated heterocycles. The van der Waals surface area contributed by atoms with Crippen LogP contribution < -0.4 is 5.32 Å². The van der Waals surface area contributed by atoms with Crippen molar-refractivity contribution in [2.45, 2.75) is 51.1 Å². The zero-order valence-electron chi connectivity index (χ0n) is 14.3. The first kappa shape index (κ1) is 17.5. The Morgan fingerprint density at radius 1 is 1.20 bits per heavy atom. The number of aromatic nitrogens is 4. The van der Waals surface area contributed by atoms with E-state index >= 15 is 0 Å². The van der Waals surface area contributed by atoms with Gasteiger partial charge in [0.25, 0.3) is 0 Å². The highest BCUT2D eigenvalue weighted by molar-refractivity contribution is 5.76. The second-order valence-corrected chi connectivity index (χ2v) is 6.65. The minimum atomic E-state index is 0.0795. The number of tetrazole rings is 1. The highest BCUT2D eigenvalue weighted by Gasteiger charge is 2.21. The molecule has 1 aromatic carbocycles. The van der Waals surface area contributed by atoms with E-state index in [2.05, 4.69) is 20.7 Å². The number of aliphatic hydroxyl groups excluding tert-OH is 1. The van der Waals surface area contributed by atoms with Gasteiger partial charge in [-0.25, -0.2) is 0 Å². The van der Waals surface area contributed by atoms with Crippen LogP contribution in [0.4, 0.5) is 0 Å². The van der Waals surface area contributed by atoms with Crippen LogP contribution in [0.5, 0.6) is 0 Å². The molecule has 0 atom stereocenters. The van der Waals surface area contributed by atoms with Crippen LogP contribution in [-0.4, -0.2) is 43.9 Å². The van der Waals surface area contributed by atoms with Crippen LogP contribution >= 0.6 is 0 Å². The van der Waals surface area contributed by atoms with Crippen molar-refractivity contribution < 1.29 is 9.90 Å². The third kappa shape index (κ3) is 5.09. The molecule has 1 heterocycles. The van der Waals surface area contributed by atoms with Gasteiger partial charge in [-0.2, -0.15) is 4.80 Å². The van der Waals surface area contributed by atoms with Crippen LogP contribution in [0, 0.1) is 5.92 Å². The van der Waals surface area contributed by atoms with Crippen molar-refractivity contribution >= 4 is 5.91 Å². The second kappa shape index (κ2) is 8.71. The van der Waals surface area contributed by atoms with E-state index in [1.54, 1.807) is 4.80 Å². The smallest absolute Gasteiger partial charge is 0.220 e. The maximum atomic E-state index is 12.1. The van der Waals surface area contributed by atoms with Crippen LogP contribution in [0.15, 0.2) is 30.3 Å². The summed E-state index contributed by atoms with van der Waals surface area (Å²) in [5.41, 5.74) is 0.935. The predicted octanol–water partition coefficient (Wildman–Crippen LogP) is 1.79. The van der Waals surface area contributed by atoms with Gasteiger partial charge in [-0.3, -0.25) is 4.79 Å². The Hall–Kier alpha value is -2.28. The third-order valence-corrected chi connectivity index (χ3v) is 4.72. The minimum Gasteiger partial charge on any atom is -0.396 e. The van der Waals surface area contributed by atoms with E-state index in [4.69, 9.17) is 5.11 Å². The molecule has 25 heavy (non-hydrogen) atoms. The molecule has 2 N–H and O–H groups in total. The summed E-state index contributed by atoms with van der Waals surface area (Å²) in [6.45, 7) is 0.834. The summed E-state index contributed by atoms with van der Waals surface area (Å²) in [7, 11) is 0. The summed E-state index contributed by atoms with van der Waals surface area (Å²) in [6.07, 6.45) is 5.05. The van der Waals surface area contributed by atoms with E-state index in [0.717, 1.165) is 31.2 Å². The Kier molecular flexibility index (Phi) is 6.11. The molecule has 0 bridgehead atoms. The molecule has 1 aromatic heterocycles. The fourth-order valence-corrected chi connectivity index (χ4v) is 3.21. The van der Waals surface area contributed by atoms with Crippen molar-refractivity contribution in [1.82, 2.24) is 25.5 Å². The molecule has 134 valence electrons. The number of carbonyl (C=O) groups is 1. The van der Waals surface area contributed by atoms with Gasteiger partial charge in [0.15, 0.2) is 0 Å². The summed E-state index contributed by atoms with van der Waals surface area (Å²) in [5.74, 6) is 1.09. The van der Waals surface area contributed by atoms with Crippen LogP contribution in [0.25, 0.3) is 11.4 Å². The molecule has 3 rings (SSSR count). The first-order chi connectivity index (χ1) is 12.2. The first-order valence-electron chi connectivity index (χ1n) is 8.98. The number of benzene rings is 1. The molecule has 1 amide bonds. The number of hydrogen-bond donors (Lipinski definition) is 2. The summed E-state index contributed by atoms with van der Waals surface area (Å²) >= 11 is 0.